The number of rotatable bonds is 3. The van der Waals surface area contributed by atoms with Crippen LogP contribution in [0.1, 0.15) is 32.7 Å². The molecule has 134 valence electrons. The molecule has 2 heterocycles. The van der Waals surface area contributed by atoms with Crippen LogP contribution in [0, 0.1) is 0 Å². The molecule has 1 aliphatic rings. The average Bonchev–Trinajstić information content (AvgIpc) is 2.74. The standard InChI is InChI=1S/C22H19N3O2/c26-21(16-6-2-1-3-7-16)24-19-10-11-20-17(14-19)9-5-13-25(20)22(27)18-8-4-12-23-15-18/h1-4,6-8,10-12,14-15H,5,9,13H2,(H,24,26). The number of aromatic nitrogens is 1. The van der Waals surface area contributed by atoms with E-state index in [4.69, 9.17) is 0 Å². The highest BCUT2D eigenvalue weighted by atomic mass is 16.2. The molecule has 4 rings (SSSR count). The lowest BCUT2D eigenvalue weighted by Gasteiger charge is -2.30. The lowest BCUT2D eigenvalue weighted by molar-refractivity contribution is 0.0983. The lowest BCUT2D eigenvalue weighted by atomic mass is 10.00. The third-order valence-corrected chi connectivity index (χ3v) is 4.65. The first kappa shape index (κ1) is 17.0. The van der Waals surface area contributed by atoms with E-state index in [1.165, 1.54) is 0 Å². The molecule has 2 amide bonds. The van der Waals surface area contributed by atoms with Crippen molar-refractivity contribution in [2.24, 2.45) is 0 Å². The summed E-state index contributed by atoms with van der Waals surface area (Å²) in [6.45, 7) is 0.677. The molecule has 0 spiro atoms. The fourth-order valence-corrected chi connectivity index (χ4v) is 3.32. The molecular formula is C22H19N3O2. The fraction of sp³-hybridized carbons (Fsp3) is 0.136. The molecule has 0 bridgehead atoms. The predicted octanol–water partition coefficient (Wildman–Crippen LogP) is 3.93. The van der Waals surface area contributed by atoms with Crippen molar-refractivity contribution in [1.29, 1.82) is 0 Å². The summed E-state index contributed by atoms with van der Waals surface area (Å²) in [5.41, 5.74) is 3.88. The van der Waals surface area contributed by atoms with E-state index >= 15 is 0 Å². The number of fused-ring (bicyclic) bond motifs is 1. The van der Waals surface area contributed by atoms with E-state index in [9.17, 15) is 9.59 Å². The van der Waals surface area contributed by atoms with Crippen molar-refractivity contribution in [3.8, 4) is 0 Å². The second-order valence-corrected chi connectivity index (χ2v) is 6.47. The average molecular weight is 357 g/mol. The van der Waals surface area contributed by atoms with Crippen LogP contribution in [0.25, 0.3) is 0 Å². The van der Waals surface area contributed by atoms with Gasteiger partial charge in [0.15, 0.2) is 0 Å². The summed E-state index contributed by atoms with van der Waals surface area (Å²) in [5, 5.41) is 2.93. The Kier molecular flexibility index (Phi) is 4.66. The minimum Gasteiger partial charge on any atom is -0.322 e. The predicted molar refractivity (Wildman–Crippen MR) is 105 cm³/mol. The van der Waals surface area contributed by atoms with Crippen LogP contribution >= 0.6 is 0 Å². The van der Waals surface area contributed by atoms with Gasteiger partial charge in [0, 0.05) is 35.9 Å². The molecular weight excluding hydrogens is 338 g/mol. The summed E-state index contributed by atoms with van der Waals surface area (Å²) < 4.78 is 0. The number of nitrogens with zero attached hydrogens (tertiary/aromatic N) is 2. The lowest BCUT2D eigenvalue weighted by Crippen LogP contribution is -2.35. The number of benzene rings is 2. The molecule has 1 aromatic heterocycles. The van der Waals surface area contributed by atoms with Gasteiger partial charge in [0.25, 0.3) is 11.8 Å². The number of amides is 2. The number of pyridine rings is 1. The Morgan fingerprint density at radius 1 is 0.963 bits per heavy atom. The second-order valence-electron chi connectivity index (χ2n) is 6.47. The topological polar surface area (TPSA) is 62.3 Å². The molecule has 0 unspecified atom stereocenters. The van der Waals surface area contributed by atoms with Gasteiger partial charge in [0.05, 0.1) is 5.56 Å². The fourth-order valence-electron chi connectivity index (χ4n) is 3.32. The quantitative estimate of drug-likeness (QED) is 0.773. The molecule has 0 saturated heterocycles. The van der Waals surface area contributed by atoms with Gasteiger partial charge in [0.2, 0.25) is 0 Å². The number of aryl methyl sites for hydroxylation is 1. The summed E-state index contributed by atoms with van der Waals surface area (Å²) in [6, 6.07) is 18.4. The van der Waals surface area contributed by atoms with Crippen LogP contribution in [0.4, 0.5) is 11.4 Å². The van der Waals surface area contributed by atoms with Crippen LogP contribution in [0.2, 0.25) is 0 Å². The van der Waals surface area contributed by atoms with Crippen molar-refractivity contribution in [3.63, 3.8) is 0 Å². The first-order chi connectivity index (χ1) is 13.2. The Morgan fingerprint density at radius 3 is 2.56 bits per heavy atom. The monoisotopic (exact) mass is 357 g/mol. The molecule has 5 heteroatoms. The number of hydrogen-bond acceptors (Lipinski definition) is 3. The normalized spacial score (nSPS) is 13.0. The van der Waals surface area contributed by atoms with Gasteiger partial charge < -0.3 is 10.2 Å². The number of hydrogen-bond donors (Lipinski definition) is 1. The maximum Gasteiger partial charge on any atom is 0.259 e. The molecule has 2 aromatic carbocycles. The Morgan fingerprint density at radius 2 is 1.78 bits per heavy atom. The molecule has 0 saturated carbocycles. The van der Waals surface area contributed by atoms with E-state index in [1.54, 1.807) is 41.6 Å². The Balaban J connectivity index is 1.57. The molecule has 3 aromatic rings. The summed E-state index contributed by atoms with van der Waals surface area (Å²) in [7, 11) is 0. The van der Waals surface area contributed by atoms with Crippen LogP contribution < -0.4 is 10.2 Å². The maximum absolute atomic E-state index is 12.8. The first-order valence-corrected chi connectivity index (χ1v) is 8.93. The third kappa shape index (κ3) is 3.58. The van der Waals surface area contributed by atoms with Crippen LogP contribution in [-0.2, 0) is 6.42 Å². The SMILES string of the molecule is O=C(Nc1ccc2c(c1)CCCN2C(=O)c1cccnc1)c1ccccc1. The Labute approximate surface area is 157 Å². The molecule has 0 fully saturated rings. The van der Waals surface area contributed by atoms with Crippen LogP contribution in [0.15, 0.2) is 73.1 Å². The smallest absolute Gasteiger partial charge is 0.259 e. The summed E-state index contributed by atoms with van der Waals surface area (Å²) in [5.74, 6) is -0.195. The number of anilines is 2. The van der Waals surface area contributed by atoms with Gasteiger partial charge in [-0.15, -0.1) is 0 Å². The van der Waals surface area contributed by atoms with Crippen molar-refractivity contribution in [2.45, 2.75) is 12.8 Å². The second kappa shape index (κ2) is 7.41. The molecule has 0 radical (unpaired) electrons. The van der Waals surface area contributed by atoms with Crippen molar-refractivity contribution >= 4 is 23.2 Å². The van der Waals surface area contributed by atoms with E-state index in [0.717, 1.165) is 29.8 Å². The van der Waals surface area contributed by atoms with E-state index in [0.29, 0.717) is 17.7 Å². The van der Waals surface area contributed by atoms with Crippen molar-refractivity contribution in [1.82, 2.24) is 4.98 Å². The van der Waals surface area contributed by atoms with Gasteiger partial charge in [-0.3, -0.25) is 14.6 Å². The van der Waals surface area contributed by atoms with Gasteiger partial charge in [0.1, 0.15) is 0 Å². The van der Waals surface area contributed by atoms with E-state index in [1.807, 2.05) is 36.4 Å². The highest BCUT2D eigenvalue weighted by Gasteiger charge is 2.24. The van der Waals surface area contributed by atoms with Crippen molar-refractivity contribution in [2.75, 3.05) is 16.8 Å². The summed E-state index contributed by atoms with van der Waals surface area (Å²) in [4.78, 5) is 31.0. The van der Waals surface area contributed by atoms with E-state index in [-0.39, 0.29) is 11.8 Å². The zero-order valence-electron chi connectivity index (χ0n) is 14.8. The third-order valence-electron chi connectivity index (χ3n) is 4.65. The minimum absolute atomic E-state index is 0.0508. The van der Waals surface area contributed by atoms with Gasteiger partial charge >= 0.3 is 0 Å². The maximum atomic E-state index is 12.8. The summed E-state index contributed by atoms with van der Waals surface area (Å²) in [6.07, 6.45) is 5.00. The molecule has 27 heavy (non-hydrogen) atoms. The molecule has 5 nitrogen and oxygen atoms in total. The van der Waals surface area contributed by atoms with Crippen LogP contribution in [0.3, 0.4) is 0 Å². The van der Waals surface area contributed by atoms with Crippen LogP contribution in [-0.4, -0.2) is 23.3 Å². The van der Waals surface area contributed by atoms with E-state index < -0.39 is 0 Å². The Hall–Kier alpha value is -3.47. The molecule has 1 aliphatic heterocycles. The zero-order valence-corrected chi connectivity index (χ0v) is 14.8. The highest BCUT2D eigenvalue weighted by Crippen LogP contribution is 2.31. The van der Waals surface area contributed by atoms with Crippen LogP contribution in [0.5, 0.6) is 0 Å². The number of nitrogens with one attached hydrogen (secondary N) is 1. The molecule has 1 N–H and O–H groups in total. The van der Waals surface area contributed by atoms with Crippen molar-refractivity contribution in [3.05, 3.63) is 89.7 Å². The number of carbonyl (C=O) groups excluding carboxylic acids is 2. The van der Waals surface area contributed by atoms with E-state index in [2.05, 4.69) is 10.3 Å². The largest absolute Gasteiger partial charge is 0.322 e. The summed E-state index contributed by atoms with van der Waals surface area (Å²) >= 11 is 0. The zero-order chi connectivity index (χ0) is 18.6. The number of carbonyl (C=O) groups is 2. The molecule has 0 atom stereocenters. The van der Waals surface area contributed by atoms with Crippen molar-refractivity contribution < 1.29 is 9.59 Å². The molecule has 0 aliphatic carbocycles. The van der Waals surface area contributed by atoms with Gasteiger partial charge in [-0.05, 0) is 60.9 Å². The van der Waals surface area contributed by atoms with Gasteiger partial charge in [-0.1, -0.05) is 18.2 Å². The first-order valence-electron chi connectivity index (χ1n) is 8.93. The van der Waals surface area contributed by atoms with Gasteiger partial charge in [-0.25, -0.2) is 0 Å². The Bertz CT molecular complexity index is 971. The highest BCUT2D eigenvalue weighted by molar-refractivity contribution is 6.07. The van der Waals surface area contributed by atoms with Gasteiger partial charge in [-0.2, -0.15) is 0 Å². The minimum atomic E-state index is -0.144.